The van der Waals surface area contributed by atoms with Gasteiger partial charge in [0.2, 0.25) is 0 Å². The molecule has 0 aliphatic heterocycles. The van der Waals surface area contributed by atoms with Gasteiger partial charge in [-0.2, -0.15) is 0 Å². The summed E-state index contributed by atoms with van der Waals surface area (Å²) < 4.78 is 26.6. The molecular weight excluding hydrogens is 606 g/mol. The molecule has 0 unspecified atom stereocenters. The van der Waals surface area contributed by atoms with Gasteiger partial charge >= 0.3 is 325 Å². The molecular formula is H25Ca8O12P3. The molecule has 0 saturated heterocycles. The van der Waals surface area contributed by atoms with Gasteiger partial charge in [-0.3, -0.25) is 0 Å². The summed E-state index contributed by atoms with van der Waals surface area (Å²) in [5, 5.41) is 0. The van der Waals surface area contributed by atoms with Crippen LogP contribution in [-0.4, -0.2) is 346 Å². The van der Waals surface area contributed by atoms with Crippen molar-refractivity contribution in [1.82, 2.24) is 0 Å². The molecule has 0 amide bonds. The monoisotopic (exact) mass is 630 g/mol. The molecule has 0 atom stereocenters. The fourth-order valence-electron chi connectivity index (χ4n) is 0. The summed E-state index contributed by atoms with van der Waals surface area (Å²) in [6, 6.07) is 0. The minimum atomic E-state index is -4.64. The van der Waals surface area contributed by atoms with Gasteiger partial charge in [0.05, 0.1) is 0 Å². The van der Waals surface area contributed by atoms with E-state index in [2.05, 4.69) is 0 Å². The van der Waals surface area contributed by atoms with Gasteiger partial charge in [-0.15, -0.1) is 0 Å². The molecule has 0 saturated carbocycles. The van der Waals surface area contributed by atoms with Crippen LogP contribution in [0.2, 0.25) is 0 Å². The predicted molar refractivity (Wildman–Crippen MR) is 111 cm³/mol. The normalized spacial score (nSPS) is 7.70. The Morgan fingerprint density at radius 3 is 0.304 bits per heavy atom. The first-order valence-electron chi connectivity index (χ1n) is 2.35. The van der Waals surface area contributed by atoms with Gasteiger partial charge in [0.1, 0.15) is 0 Å². The Labute approximate surface area is 371 Å². The van der Waals surface area contributed by atoms with Crippen LogP contribution in [0.25, 0.3) is 0 Å². The van der Waals surface area contributed by atoms with Crippen molar-refractivity contribution in [3.63, 3.8) is 0 Å². The molecule has 0 aliphatic rings. The fraction of sp³-hybridized carbons (Fsp3) is 0. The molecule has 0 spiro atoms. The van der Waals surface area contributed by atoms with Crippen molar-refractivity contribution in [2.24, 2.45) is 0 Å². The van der Waals surface area contributed by atoms with Gasteiger partial charge in [-0.05, 0) is 0 Å². The molecule has 9 N–H and O–H groups in total. The van der Waals surface area contributed by atoms with Gasteiger partial charge in [0.15, 0.2) is 0 Å². The van der Waals surface area contributed by atoms with E-state index >= 15 is 0 Å². The van der Waals surface area contributed by atoms with E-state index in [0.717, 1.165) is 0 Å². The number of rotatable bonds is 0. The second-order valence-corrected chi connectivity index (χ2v) is 4.62. The first-order chi connectivity index (χ1) is 6.00. The van der Waals surface area contributed by atoms with E-state index in [4.69, 9.17) is 57.7 Å². The van der Waals surface area contributed by atoms with Crippen molar-refractivity contribution in [3.05, 3.63) is 0 Å². The number of hydrogen-bond donors (Lipinski definition) is 9. The Morgan fingerprint density at radius 1 is 0.304 bits per heavy atom. The third kappa shape index (κ3) is 277. The minimum absolute atomic E-state index is 0. The summed E-state index contributed by atoms with van der Waals surface area (Å²) in [5.41, 5.74) is 0. The summed E-state index contributed by atoms with van der Waals surface area (Å²) in [4.78, 5) is 64.7. The Bertz CT molecular complexity index is 218. The van der Waals surface area contributed by atoms with Gasteiger partial charge in [-0.1, -0.05) is 0 Å². The first-order valence-corrected chi connectivity index (χ1v) is 7.04. The van der Waals surface area contributed by atoms with Crippen LogP contribution in [0.4, 0.5) is 0 Å². The van der Waals surface area contributed by atoms with Crippen molar-refractivity contribution in [2.45, 2.75) is 0 Å². The Morgan fingerprint density at radius 2 is 0.304 bits per heavy atom. The van der Waals surface area contributed by atoms with Crippen LogP contribution in [-0.2, 0) is 13.7 Å². The molecule has 0 aliphatic carbocycles. The number of phosphoric acid groups is 3. The molecule has 12 nitrogen and oxygen atoms in total. The van der Waals surface area contributed by atoms with Crippen LogP contribution in [0.5, 0.6) is 0 Å². The van der Waals surface area contributed by atoms with Crippen molar-refractivity contribution in [2.75, 3.05) is 0 Å². The van der Waals surface area contributed by atoms with E-state index in [1.54, 1.807) is 0 Å². The van der Waals surface area contributed by atoms with Crippen LogP contribution in [0.1, 0.15) is 0 Å². The Hall–Kier alpha value is 10.4. The maximum atomic E-state index is 8.88. The first kappa shape index (κ1) is 69.9. The van der Waals surface area contributed by atoms with Crippen LogP contribution < -0.4 is 0 Å². The summed E-state index contributed by atoms with van der Waals surface area (Å²) in [6.45, 7) is 0. The molecule has 0 aromatic carbocycles. The molecule has 128 valence electrons. The second-order valence-electron chi connectivity index (χ2n) is 1.54. The summed E-state index contributed by atoms with van der Waals surface area (Å²) in [7, 11) is -13.9. The zero-order valence-corrected chi connectivity index (χ0v) is 9.27. The molecule has 0 rings (SSSR count). The van der Waals surface area contributed by atoms with E-state index in [9.17, 15) is 0 Å². The van der Waals surface area contributed by atoms with E-state index in [-0.39, 0.29) is 302 Å². The summed E-state index contributed by atoms with van der Waals surface area (Å²) in [6.07, 6.45) is 0. The molecule has 0 fully saturated rings. The predicted octanol–water partition coefficient (Wildman–Crippen LogP) is -10.1. The average Bonchev–Trinajstić information content (AvgIpc) is 1.41. The van der Waals surface area contributed by atoms with Crippen LogP contribution >= 0.6 is 23.5 Å². The zero-order valence-electron chi connectivity index (χ0n) is 6.59. The van der Waals surface area contributed by atoms with Crippen molar-refractivity contribution in [3.8, 4) is 0 Å². The van der Waals surface area contributed by atoms with Crippen molar-refractivity contribution < 1.29 is 57.7 Å². The number of hydrogen-bond acceptors (Lipinski definition) is 3. The standard InChI is InChI=1S/8Ca.3H3O4P.16H/c;;;;;;;;3*1-5(2,3)4;;;;;;;;;;;;;;;;/h;;;;;;;;3*(H3,1,2,3,4);;;;;;;;;;;;;;;;. The third-order valence-electron chi connectivity index (χ3n) is 0. The molecule has 0 aromatic heterocycles. The van der Waals surface area contributed by atoms with Crippen molar-refractivity contribution in [1.29, 1.82) is 0 Å². The van der Waals surface area contributed by atoms with Crippen LogP contribution in [0.15, 0.2) is 0 Å². The van der Waals surface area contributed by atoms with Gasteiger partial charge < -0.3 is 44.0 Å². The molecule has 0 bridgehead atoms. The molecule has 23 heavy (non-hydrogen) atoms. The molecule has 23 heteroatoms. The van der Waals surface area contributed by atoms with Crippen molar-refractivity contribution >= 4 is 325 Å². The Kier molecular flexibility index (Phi) is 120. The summed E-state index contributed by atoms with van der Waals surface area (Å²) in [5.74, 6) is 0. The average molecular weight is 631 g/mol. The Balaban J connectivity index is -0.00000000889. The fourth-order valence-corrected chi connectivity index (χ4v) is 0. The quantitative estimate of drug-likeness (QED) is 0.0897. The third-order valence-corrected chi connectivity index (χ3v) is 0. The second kappa shape index (κ2) is 39.6. The van der Waals surface area contributed by atoms with Gasteiger partial charge in [-0.25, -0.2) is 13.7 Å². The van der Waals surface area contributed by atoms with Crippen LogP contribution in [0.3, 0.4) is 0 Å². The summed E-state index contributed by atoms with van der Waals surface area (Å²) >= 11 is 0. The van der Waals surface area contributed by atoms with E-state index in [1.165, 1.54) is 0 Å². The SMILES string of the molecule is O=P(O)(O)O.O=P(O)(O)O.O=P(O)(O)O.[CaH2].[CaH2].[CaH2].[CaH2].[CaH2].[CaH2].[CaH2].[CaH2]. The van der Waals surface area contributed by atoms with Crippen LogP contribution in [0, 0.1) is 0 Å². The van der Waals surface area contributed by atoms with Gasteiger partial charge in [0, 0.05) is 0 Å². The van der Waals surface area contributed by atoms with E-state index in [0.29, 0.717) is 0 Å². The molecule has 0 aromatic rings. The van der Waals surface area contributed by atoms with E-state index < -0.39 is 23.5 Å². The van der Waals surface area contributed by atoms with E-state index in [1.807, 2.05) is 0 Å². The zero-order chi connectivity index (χ0) is 13.5. The topological polar surface area (TPSA) is 233 Å². The van der Waals surface area contributed by atoms with Gasteiger partial charge in [0.25, 0.3) is 0 Å². The molecule has 0 radical (unpaired) electrons. The molecule has 0 heterocycles. The maximum absolute atomic E-state index is 8.88.